The number of carbonyl (C=O) groups excluding carboxylic acids is 2. The molecule has 0 atom stereocenters. The molecule has 6 nitrogen and oxygen atoms in total. The topological polar surface area (TPSA) is 76.7 Å². The van der Waals surface area contributed by atoms with Crippen LogP contribution in [-0.2, 0) is 16.1 Å². The first-order chi connectivity index (χ1) is 12.0. The number of hydrogen-bond donors (Lipinski definition) is 2. The molecule has 0 spiro atoms. The normalized spacial score (nSPS) is 10.1. The quantitative estimate of drug-likeness (QED) is 0.778. The van der Waals surface area contributed by atoms with E-state index < -0.39 is 11.8 Å². The maximum absolute atomic E-state index is 12.0. The van der Waals surface area contributed by atoms with Gasteiger partial charge in [0.25, 0.3) is 0 Å². The molecule has 0 fully saturated rings. The van der Waals surface area contributed by atoms with Crippen LogP contribution in [0.4, 0.5) is 5.69 Å². The van der Waals surface area contributed by atoms with Gasteiger partial charge in [0.1, 0.15) is 0 Å². The molecule has 0 aliphatic rings. The largest absolute Gasteiger partial charge is 0.493 e. The Hall–Kier alpha value is -2.44. The molecule has 0 bridgehead atoms. The Labute approximate surface area is 155 Å². The summed E-state index contributed by atoms with van der Waals surface area (Å²) in [7, 11) is 3.05. The third-order valence-corrected chi connectivity index (χ3v) is 3.94. The maximum Gasteiger partial charge on any atom is 0.313 e. The van der Waals surface area contributed by atoms with E-state index in [0.717, 1.165) is 5.56 Å². The molecule has 0 unspecified atom stereocenters. The summed E-state index contributed by atoms with van der Waals surface area (Å²) in [6, 6.07) is 9.93. The van der Waals surface area contributed by atoms with Gasteiger partial charge in [0, 0.05) is 6.54 Å². The van der Waals surface area contributed by atoms with Crippen LogP contribution in [0.15, 0.2) is 36.4 Å². The van der Waals surface area contributed by atoms with E-state index in [4.69, 9.17) is 32.7 Å². The van der Waals surface area contributed by atoms with Gasteiger partial charge in [0.05, 0.1) is 30.0 Å². The summed E-state index contributed by atoms with van der Waals surface area (Å²) in [5.74, 6) is -0.577. The Bertz CT molecular complexity index is 776. The number of halogens is 2. The predicted molar refractivity (Wildman–Crippen MR) is 96.5 cm³/mol. The monoisotopic (exact) mass is 382 g/mol. The van der Waals surface area contributed by atoms with Crippen molar-refractivity contribution in [2.45, 2.75) is 6.54 Å². The van der Waals surface area contributed by atoms with Crippen LogP contribution in [-0.4, -0.2) is 26.0 Å². The Morgan fingerprint density at radius 2 is 1.60 bits per heavy atom. The molecule has 25 heavy (non-hydrogen) atoms. The van der Waals surface area contributed by atoms with Crippen LogP contribution >= 0.6 is 23.2 Å². The summed E-state index contributed by atoms with van der Waals surface area (Å²) in [4.78, 5) is 23.9. The van der Waals surface area contributed by atoms with Crippen LogP contribution in [0.1, 0.15) is 5.56 Å². The van der Waals surface area contributed by atoms with Crippen molar-refractivity contribution in [3.05, 3.63) is 52.0 Å². The lowest BCUT2D eigenvalue weighted by atomic mass is 10.2. The minimum Gasteiger partial charge on any atom is -0.493 e. The van der Waals surface area contributed by atoms with Crippen LogP contribution in [0.2, 0.25) is 10.0 Å². The van der Waals surface area contributed by atoms with Crippen molar-refractivity contribution in [3.8, 4) is 11.5 Å². The van der Waals surface area contributed by atoms with E-state index in [2.05, 4.69) is 10.6 Å². The first-order valence-electron chi connectivity index (χ1n) is 7.20. The van der Waals surface area contributed by atoms with Crippen molar-refractivity contribution >= 4 is 40.7 Å². The van der Waals surface area contributed by atoms with Crippen LogP contribution in [0.25, 0.3) is 0 Å². The highest BCUT2D eigenvalue weighted by Crippen LogP contribution is 2.30. The Morgan fingerprint density at radius 3 is 2.20 bits per heavy atom. The molecule has 2 aromatic rings. The van der Waals surface area contributed by atoms with E-state index in [-0.39, 0.29) is 22.3 Å². The van der Waals surface area contributed by atoms with E-state index in [9.17, 15) is 9.59 Å². The molecule has 0 aliphatic carbocycles. The fourth-order valence-electron chi connectivity index (χ4n) is 2.04. The van der Waals surface area contributed by atoms with Gasteiger partial charge in [0.2, 0.25) is 0 Å². The number of ether oxygens (including phenoxy) is 2. The second-order valence-electron chi connectivity index (χ2n) is 4.92. The molecule has 0 aromatic heterocycles. The lowest BCUT2D eigenvalue weighted by molar-refractivity contribution is -0.136. The highest BCUT2D eigenvalue weighted by atomic mass is 35.5. The average molecular weight is 383 g/mol. The Kier molecular flexibility index (Phi) is 6.50. The first kappa shape index (κ1) is 18.9. The van der Waals surface area contributed by atoms with Gasteiger partial charge in [-0.25, -0.2) is 0 Å². The molecule has 132 valence electrons. The molecule has 2 amide bonds. The van der Waals surface area contributed by atoms with Gasteiger partial charge in [-0.05, 0) is 29.8 Å². The zero-order valence-electron chi connectivity index (χ0n) is 13.6. The number of nitrogens with one attached hydrogen (secondary N) is 2. The summed E-state index contributed by atoms with van der Waals surface area (Å²) in [6.07, 6.45) is 0. The predicted octanol–water partition coefficient (Wildman–Crippen LogP) is 3.27. The lowest BCUT2D eigenvalue weighted by Gasteiger charge is -2.11. The van der Waals surface area contributed by atoms with E-state index >= 15 is 0 Å². The second-order valence-corrected chi connectivity index (χ2v) is 5.74. The molecule has 0 radical (unpaired) electrons. The van der Waals surface area contributed by atoms with Crippen LogP contribution < -0.4 is 20.1 Å². The van der Waals surface area contributed by atoms with Crippen molar-refractivity contribution in [3.63, 3.8) is 0 Å². The van der Waals surface area contributed by atoms with E-state index in [0.29, 0.717) is 11.5 Å². The summed E-state index contributed by atoms with van der Waals surface area (Å²) in [6.45, 7) is 0.142. The summed E-state index contributed by atoms with van der Waals surface area (Å²) < 4.78 is 10.3. The molecule has 0 heterocycles. The summed E-state index contributed by atoms with van der Waals surface area (Å²) >= 11 is 11.9. The van der Waals surface area contributed by atoms with Gasteiger partial charge in [-0.2, -0.15) is 0 Å². The Balaban J connectivity index is 1.99. The molecule has 2 rings (SSSR count). The second kappa shape index (κ2) is 8.60. The number of para-hydroxylation sites is 1. The standard InChI is InChI=1S/C17H16Cl2N2O4/c1-24-13-7-6-10(8-14(13)25-2)9-20-16(22)17(23)21-15-11(18)4-3-5-12(15)19/h3-8H,9H2,1-2H3,(H,20,22)(H,21,23). The maximum atomic E-state index is 12.0. The fraction of sp³-hybridized carbons (Fsp3) is 0.176. The van der Waals surface area contributed by atoms with Gasteiger partial charge in [-0.3, -0.25) is 9.59 Å². The number of anilines is 1. The van der Waals surface area contributed by atoms with Crippen molar-refractivity contribution in [2.75, 3.05) is 19.5 Å². The molecular formula is C17H16Cl2N2O4. The number of rotatable bonds is 5. The highest BCUT2D eigenvalue weighted by Gasteiger charge is 2.17. The van der Waals surface area contributed by atoms with Crippen LogP contribution in [0, 0.1) is 0 Å². The van der Waals surface area contributed by atoms with Crippen molar-refractivity contribution < 1.29 is 19.1 Å². The molecule has 2 N–H and O–H groups in total. The Morgan fingerprint density at radius 1 is 0.960 bits per heavy atom. The molecular weight excluding hydrogens is 367 g/mol. The average Bonchev–Trinajstić information content (AvgIpc) is 2.62. The third-order valence-electron chi connectivity index (χ3n) is 3.31. The van der Waals surface area contributed by atoms with E-state index in [1.165, 1.54) is 14.2 Å². The van der Waals surface area contributed by atoms with E-state index in [1.807, 2.05) is 0 Å². The molecule has 8 heteroatoms. The summed E-state index contributed by atoms with van der Waals surface area (Å²) in [5, 5.41) is 5.40. The zero-order chi connectivity index (χ0) is 18.4. The number of carbonyl (C=O) groups is 2. The minimum absolute atomic E-state index is 0.142. The van der Waals surface area contributed by atoms with Gasteiger partial charge in [-0.15, -0.1) is 0 Å². The SMILES string of the molecule is COc1ccc(CNC(=O)C(=O)Nc2c(Cl)cccc2Cl)cc1OC. The van der Waals surface area contributed by atoms with Crippen LogP contribution in [0.3, 0.4) is 0 Å². The highest BCUT2D eigenvalue weighted by molar-refractivity contribution is 6.44. The lowest BCUT2D eigenvalue weighted by Crippen LogP contribution is -2.35. The van der Waals surface area contributed by atoms with Gasteiger partial charge in [-0.1, -0.05) is 35.3 Å². The zero-order valence-corrected chi connectivity index (χ0v) is 15.1. The molecule has 0 saturated carbocycles. The molecule has 2 aromatic carbocycles. The summed E-state index contributed by atoms with van der Waals surface area (Å²) in [5.41, 5.74) is 0.937. The van der Waals surface area contributed by atoms with Crippen LogP contribution in [0.5, 0.6) is 11.5 Å². The van der Waals surface area contributed by atoms with E-state index in [1.54, 1.807) is 36.4 Å². The molecule has 0 saturated heterocycles. The van der Waals surface area contributed by atoms with Gasteiger partial charge < -0.3 is 20.1 Å². The number of benzene rings is 2. The van der Waals surface area contributed by atoms with Crippen molar-refractivity contribution in [1.29, 1.82) is 0 Å². The fourth-order valence-corrected chi connectivity index (χ4v) is 2.53. The first-order valence-corrected chi connectivity index (χ1v) is 7.96. The van der Waals surface area contributed by atoms with Crippen molar-refractivity contribution in [2.24, 2.45) is 0 Å². The smallest absolute Gasteiger partial charge is 0.313 e. The number of amides is 2. The molecule has 0 aliphatic heterocycles. The van der Waals surface area contributed by atoms with Gasteiger partial charge >= 0.3 is 11.8 Å². The number of methoxy groups -OCH3 is 2. The number of hydrogen-bond acceptors (Lipinski definition) is 4. The van der Waals surface area contributed by atoms with Crippen molar-refractivity contribution in [1.82, 2.24) is 5.32 Å². The third kappa shape index (κ3) is 4.78. The van der Waals surface area contributed by atoms with Gasteiger partial charge in [0.15, 0.2) is 11.5 Å². The minimum atomic E-state index is -0.865.